The van der Waals surface area contributed by atoms with E-state index in [0.29, 0.717) is 0 Å². The van der Waals surface area contributed by atoms with Gasteiger partial charge in [0, 0.05) is 6.42 Å². The largest absolute Gasteiger partial charge is 0.343 e. The van der Waals surface area contributed by atoms with Crippen molar-refractivity contribution in [2.75, 3.05) is 0 Å². The fourth-order valence-electron chi connectivity index (χ4n) is 3.72. The Morgan fingerprint density at radius 2 is 1.46 bits per heavy atom. The summed E-state index contributed by atoms with van der Waals surface area (Å²) in [6, 6.07) is 0. The third-order valence-corrected chi connectivity index (χ3v) is 4.74. The molecule has 0 atom stereocenters. The van der Waals surface area contributed by atoms with Gasteiger partial charge in [0.2, 0.25) is 0 Å². The van der Waals surface area contributed by atoms with Gasteiger partial charge in [-0.3, -0.25) is 0 Å². The molecule has 0 bridgehead atoms. The topological polar surface area (TPSA) is 18.5 Å². The van der Waals surface area contributed by atoms with Gasteiger partial charge in [0.15, 0.2) is 5.79 Å². The molecule has 0 aromatic heterocycles. The fourth-order valence-corrected chi connectivity index (χ4v) is 3.72. The Hall–Kier alpha value is -0.340. The van der Waals surface area contributed by atoms with E-state index in [4.69, 9.17) is 9.47 Å². The Morgan fingerprint density at radius 1 is 0.875 bits per heavy atom. The third-order valence-electron chi connectivity index (χ3n) is 4.74. The molecule has 1 aliphatic carbocycles. The van der Waals surface area contributed by atoms with Gasteiger partial charge in [-0.25, -0.2) is 0 Å². The predicted octanol–water partition coefficient (Wildman–Crippen LogP) is 7.17. The molecule has 2 heteroatoms. The zero-order chi connectivity index (χ0) is 17.8. The van der Waals surface area contributed by atoms with Crippen LogP contribution in [-0.4, -0.2) is 18.0 Å². The lowest BCUT2D eigenvalue weighted by Crippen LogP contribution is -2.43. The minimum absolute atomic E-state index is 0.191. The van der Waals surface area contributed by atoms with E-state index in [1.165, 1.54) is 69.8 Å². The van der Waals surface area contributed by atoms with Gasteiger partial charge in [0.25, 0.3) is 0 Å². The minimum atomic E-state index is -0.480. The summed E-state index contributed by atoms with van der Waals surface area (Å²) in [7, 11) is 0. The lowest BCUT2D eigenvalue weighted by Gasteiger charge is -2.40. The number of allylic oxidation sites excluding steroid dienone is 1. The van der Waals surface area contributed by atoms with E-state index in [1.807, 2.05) is 0 Å². The summed E-state index contributed by atoms with van der Waals surface area (Å²) in [6.45, 7) is 10.8. The highest BCUT2D eigenvalue weighted by Crippen LogP contribution is 2.37. The van der Waals surface area contributed by atoms with Crippen LogP contribution in [0.2, 0.25) is 0 Å². The van der Waals surface area contributed by atoms with Crippen LogP contribution in [0.15, 0.2) is 11.6 Å². The molecule has 0 spiro atoms. The van der Waals surface area contributed by atoms with Crippen molar-refractivity contribution in [2.45, 2.75) is 130 Å². The van der Waals surface area contributed by atoms with Crippen molar-refractivity contribution in [3.05, 3.63) is 11.6 Å². The lowest BCUT2D eigenvalue weighted by molar-refractivity contribution is -0.250. The van der Waals surface area contributed by atoms with Gasteiger partial charge in [-0.2, -0.15) is 0 Å². The molecule has 0 radical (unpaired) electrons. The SMILES string of the molecule is CCCCCCCCCC(OC(C)C)(OC(C)C)C1=CCCCC1. The van der Waals surface area contributed by atoms with E-state index in [9.17, 15) is 0 Å². The van der Waals surface area contributed by atoms with Crippen molar-refractivity contribution in [3.8, 4) is 0 Å². The average molecular weight is 339 g/mol. The van der Waals surface area contributed by atoms with E-state index >= 15 is 0 Å². The molecule has 0 amide bonds. The summed E-state index contributed by atoms with van der Waals surface area (Å²) in [5, 5.41) is 0. The van der Waals surface area contributed by atoms with Gasteiger partial charge in [0.1, 0.15) is 0 Å². The van der Waals surface area contributed by atoms with E-state index in [2.05, 4.69) is 40.7 Å². The first kappa shape index (κ1) is 21.7. The summed E-state index contributed by atoms with van der Waals surface area (Å²) < 4.78 is 12.9. The highest BCUT2D eigenvalue weighted by molar-refractivity contribution is 5.16. The highest BCUT2D eigenvalue weighted by atomic mass is 16.7. The van der Waals surface area contributed by atoms with Gasteiger partial charge < -0.3 is 9.47 Å². The zero-order valence-corrected chi connectivity index (χ0v) is 17.0. The van der Waals surface area contributed by atoms with Crippen molar-refractivity contribution in [3.63, 3.8) is 0 Å². The first-order valence-electron chi connectivity index (χ1n) is 10.6. The van der Waals surface area contributed by atoms with Gasteiger partial charge in [0.05, 0.1) is 12.2 Å². The number of hydrogen-bond donors (Lipinski definition) is 0. The molecule has 0 saturated carbocycles. The molecule has 142 valence electrons. The molecule has 0 N–H and O–H groups in total. The maximum atomic E-state index is 6.44. The molecule has 0 heterocycles. The monoisotopic (exact) mass is 338 g/mol. The summed E-state index contributed by atoms with van der Waals surface area (Å²) in [4.78, 5) is 0. The Morgan fingerprint density at radius 3 is 1.96 bits per heavy atom. The van der Waals surface area contributed by atoms with Gasteiger partial charge in [-0.15, -0.1) is 0 Å². The van der Waals surface area contributed by atoms with Gasteiger partial charge >= 0.3 is 0 Å². The molecule has 0 aromatic carbocycles. The normalized spacial score (nSPS) is 16.0. The van der Waals surface area contributed by atoms with Crippen molar-refractivity contribution in [2.24, 2.45) is 0 Å². The highest BCUT2D eigenvalue weighted by Gasteiger charge is 2.38. The summed E-state index contributed by atoms with van der Waals surface area (Å²) in [5.41, 5.74) is 1.40. The molecule has 1 rings (SSSR count). The second-order valence-electron chi connectivity index (χ2n) is 7.93. The van der Waals surface area contributed by atoms with Crippen molar-refractivity contribution < 1.29 is 9.47 Å². The van der Waals surface area contributed by atoms with Crippen LogP contribution >= 0.6 is 0 Å². The van der Waals surface area contributed by atoms with Crippen LogP contribution in [0, 0.1) is 0 Å². The van der Waals surface area contributed by atoms with Crippen LogP contribution in [0.25, 0.3) is 0 Å². The van der Waals surface area contributed by atoms with Gasteiger partial charge in [-0.1, -0.05) is 51.5 Å². The predicted molar refractivity (Wildman–Crippen MR) is 104 cm³/mol. The minimum Gasteiger partial charge on any atom is -0.343 e. The zero-order valence-electron chi connectivity index (χ0n) is 17.0. The lowest BCUT2D eigenvalue weighted by atomic mass is 9.89. The maximum Gasteiger partial charge on any atom is 0.191 e. The van der Waals surface area contributed by atoms with Crippen molar-refractivity contribution >= 4 is 0 Å². The molecule has 24 heavy (non-hydrogen) atoms. The summed E-state index contributed by atoms with van der Waals surface area (Å²) in [5.74, 6) is -0.480. The number of hydrogen-bond acceptors (Lipinski definition) is 2. The first-order valence-corrected chi connectivity index (χ1v) is 10.6. The second-order valence-corrected chi connectivity index (χ2v) is 7.93. The Balaban J connectivity index is 2.65. The second kappa shape index (κ2) is 12.1. The van der Waals surface area contributed by atoms with E-state index in [0.717, 1.165) is 12.8 Å². The fraction of sp³-hybridized carbons (Fsp3) is 0.909. The molecule has 0 fully saturated rings. The van der Waals surface area contributed by atoms with Crippen LogP contribution in [0.4, 0.5) is 0 Å². The summed E-state index contributed by atoms with van der Waals surface area (Å²) in [6.07, 6.45) is 18.0. The van der Waals surface area contributed by atoms with Crippen LogP contribution < -0.4 is 0 Å². The molecule has 0 saturated heterocycles. The molecule has 0 aromatic rings. The van der Waals surface area contributed by atoms with E-state index in [-0.39, 0.29) is 12.2 Å². The van der Waals surface area contributed by atoms with E-state index < -0.39 is 5.79 Å². The standard InChI is InChI=1S/C22H42O2/c1-6-7-8-9-10-11-15-18-22(23-19(2)3,24-20(4)5)21-16-13-12-14-17-21/h16,19-20H,6-15,17-18H2,1-5H3. The molecular weight excluding hydrogens is 296 g/mol. The summed E-state index contributed by atoms with van der Waals surface area (Å²) >= 11 is 0. The first-order chi connectivity index (χ1) is 11.5. The number of ether oxygens (including phenoxy) is 2. The van der Waals surface area contributed by atoms with Gasteiger partial charge in [-0.05, 0) is 65.4 Å². The molecule has 2 nitrogen and oxygen atoms in total. The molecule has 1 aliphatic rings. The maximum absolute atomic E-state index is 6.44. The van der Waals surface area contributed by atoms with Crippen LogP contribution in [0.1, 0.15) is 112 Å². The Labute approximate surface area is 151 Å². The molecule has 0 aliphatic heterocycles. The Bertz CT molecular complexity index is 334. The van der Waals surface area contributed by atoms with Crippen LogP contribution in [-0.2, 0) is 9.47 Å². The quantitative estimate of drug-likeness (QED) is 0.201. The molecular formula is C22H42O2. The average Bonchev–Trinajstić information content (AvgIpc) is 2.53. The third kappa shape index (κ3) is 8.16. The smallest absolute Gasteiger partial charge is 0.191 e. The number of rotatable bonds is 13. The van der Waals surface area contributed by atoms with Crippen LogP contribution in [0.3, 0.4) is 0 Å². The van der Waals surface area contributed by atoms with Crippen molar-refractivity contribution in [1.29, 1.82) is 0 Å². The number of unbranched alkanes of at least 4 members (excludes halogenated alkanes) is 6. The molecule has 0 unspecified atom stereocenters. The Kier molecular flexibility index (Phi) is 10.9. The van der Waals surface area contributed by atoms with Crippen LogP contribution in [0.5, 0.6) is 0 Å². The van der Waals surface area contributed by atoms with Crippen molar-refractivity contribution in [1.82, 2.24) is 0 Å². The van der Waals surface area contributed by atoms with E-state index in [1.54, 1.807) is 0 Å².